The van der Waals surface area contributed by atoms with Crippen LogP contribution >= 0.6 is 11.6 Å². The number of ether oxygens (including phenoxy) is 1. The number of methoxy groups -OCH3 is 1. The van der Waals surface area contributed by atoms with Crippen LogP contribution in [-0.4, -0.2) is 23.6 Å². The van der Waals surface area contributed by atoms with Crippen molar-refractivity contribution in [1.29, 1.82) is 0 Å². The summed E-state index contributed by atoms with van der Waals surface area (Å²) in [5, 5.41) is 4.23. The maximum atomic E-state index is 6.33. The molecule has 0 spiro atoms. The van der Waals surface area contributed by atoms with E-state index in [4.69, 9.17) is 16.3 Å². The van der Waals surface area contributed by atoms with Gasteiger partial charge in [0.05, 0.1) is 18.8 Å². The molecular weight excluding hydrogens is 286 g/mol. The Morgan fingerprint density at radius 3 is 2.76 bits per heavy atom. The average Bonchev–Trinajstić information content (AvgIpc) is 2.49. The first kappa shape index (κ1) is 15.7. The number of hydrogen-bond donors (Lipinski definition) is 1. The first-order valence-electron chi connectivity index (χ1n) is 6.98. The van der Waals surface area contributed by atoms with Gasteiger partial charge in [-0.05, 0) is 37.1 Å². The third-order valence-corrected chi connectivity index (χ3v) is 3.66. The Hall–Kier alpha value is -1.65. The van der Waals surface area contributed by atoms with Crippen LogP contribution in [0.4, 0.5) is 0 Å². The van der Waals surface area contributed by atoms with Crippen molar-refractivity contribution in [3.8, 4) is 5.88 Å². The SMILES string of the molecule is CCNC(Cc1ccc(C)cc1Cl)c1cc(OC)ncn1. The molecule has 1 aromatic heterocycles. The van der Waals surface area contributed by atoms with Gasteiger partial charge < -0.3 is 10.1 Å². The molecule has 112 valence electrons. The zero-order valence-corrected chi connectivity index (χ0v) is 13.3. The van der Waals surface area contributed by atoms with Crippen LogP contribution in [-0.2, 0) is 6.42 Å². The van der Waals surface area contributed by atoms with Gasteiger partial charge in [0, 0.05) is 11.1 Å². The fourth-order valence-electron chi connectivity index (χ4n) is 2.22. The smallest absolute Gasteiger partial charge is 0.216 e. The summed E-state index contributed by atoms with van der Waals surface area (Å²) in [5.74, 6) is 0.568. The molecule has 21 heavy (non-hydrogen) atoms. The lowest BCUT2D eigenvalue weighted by molar-refractivity contribution is 0.393. The minimum Gasteiger partial charge on any atom is -0.481 e. The molecule has 0 fully saturated rings. The molecule has 0 saturated carbocycles. The predicted octanol–water partition coefficient (Wildman–Crippen LogP) is 3.34. The minimum absolute atomic E-state index is 0.0760. The van der Waals surface area contributed by atoms with Gasteiger partial charge in [0.1, 0.15) is 6.33 Å². The Labute approximate surface area is 130 Å². The van der Waals surface area contributed by atoms with Crippen LogP contribution in [0, 0.1) is 6.92 Å². The largest absolute Gasteiger partial charge is 0.481 e. The van der Waals surface area contributed by atoms with E-state index in [0.29, 0.717) is 5.88 Å². The minimum atomic E-state index is 0.0760. The fourth-order valence-corrected chi connectivity index (χ4v) is 2.53. The van der Waals surface area contributed by atoms with E-state index in [2.05, 4.69) is 34.3 Å². The molecule has 1 aromatic carbocycles. The predicted molar refractivity (Wildman–Crippen MR) is 84.9 cm³/mol. The van der Waals surface area contributed by atoms with E-state index in [9.17, 15) is 0 Å². The third kappa shape index (κ3) is 4.16. The van der Waals surface area contributed by atoms with Crippen molar-refractivity contribution < 1.29 is 4.74 Å². The van der Waals surface area contributed by atoms with Crippen LogP contribution in [0.3, 0.4) is 0 Å². The van der Waals surface area contributed by atoms with Crippen LogP contribution in [0.15, 0.2) is 30.6 Å². The van der Waals surface area contributed by atoms with Crippen molar-refractivity contribution in [3.63, 3.8) is 0 Å². The van der Waals surface area contributed by atoms with E-state index in [1.165, 1.54) is 6.33 Å². The van der Waals surface area contributed by atoms with Crippen molar-refractivity contribution in [3.05, 3.63) is 52.4 Å². The molecule has 5 heteroatoms. The van der Waals surface area contributed by atoms with Crippen molar-refractivity contribution in [1.82, 2.24) is 15.3 Å². The van der Waals surface area contributed by atoms with Crippen molar-refractivity contribution in [2.45, 2.75) is 26.3 Å². The summed E-state index contributed by atoms with van der Waals surface area (Å²) in [6.45, 7) is 4.95. The lowest BCUT2D eigenvalue weighted by Crippen LogP contribution is -2.24. The Morgan fingerprint density at radius 1 is 1.29 bits per heavy atom. The molecule has 1 N–H and O–H groups in total. The van der Waals surface area contributed by atoms with Gasteiger partial charge in [0.15, 0.2) is 0 Å². The maximum Gasteiger partial charge on any atom is 0.216 e. The summed E-state index contributed by atoms with van der Waals surface area (Å²) in [4.78, 5) is 8.40. The average molecular weight is 306 g/mol. The van der Waals surface area contributed by atoms with Gasteiger partial charge in [-0.3, -0.25) is 0 Å². The molecule has 0 amide bonds. The van der Waals surface area contributed by atoms with E-state index >= 15 is 0 Å². The Kier molecular flexibility index (Phi) is 5.53. The maximum absolute atomic E-state index is 6.33. The number of rotatable bonds is 6. The van der Waals surface area contributed by atoms with Gasteiger partial charge in [-0.1, -0.05) is 30.7 Å². The molecule has 0 saturated heterocycles. The molecule has 1 unspecified atom stereocenters. The van der Waals surface area contributed by atoms with Gasteiger partial charge in [0.25, 0.3) is 0 Å². The number of aryl methyl sites for hydroxylation is 1. The van der Waals surface area contributed by atoms with E-state index in [1.54, 1.807) is 7.11 Å². The lowest BCUT2D eigenvalue weighted by atomic mass is 10.0. The molecule has 1 atom stereocenters. The second-order valence-electron chi connectivity index (χ2n) is 4.89. The summed E-state index contributed by atoms with van der Waals surface area (Å²) >= 11 is 6.33. The Morgan fingerprint density at radius 2 is 2.10 bits per heavy atom. The third-order valence-electron chi connectivity index (χ3n) is 3.31. The van der Waals surface area contributed by atoms with Crippen molar-refractivity contribution in [2.75, 3.05) is 13.7 Å². The topological polar surface area (TPSA) is 47.0 Å². The second-order valence-corrected chi connectivity index (χ2v) is 5.30. The first-order chi connectivity index (χ1) is 10.1. The quantitative estimate of drug-likeness (QED) is 0.889. The molecule has 4 nitrogen and oxygen atoms in total. The monoisotopic (exact) mass is 305 g/mol. The van der Waals surface area contributed by atoms with Crippen LogP contribution < -0.4 is 10.1 Å². The molecule has 2 aromatic rings. The molecule has 0 aliphatic rings. The highest BCUT2D eigenvalue weighted by atomic mass is 35.5. The number of nitrogens with zero attached hydrogens (tertiary/aromatic N) is 2. The number of hydrogen-bond acceptors (Lipinski definition) is 4. The fraction of sp³-hybridized carbons (Fsp3) is 0.375. The molecule has 2 rings (SSSR count). The van der Waals surface area contributed by atoms with Gasteiger partial charge in [-0.15, -0.1) is 0 Å². The number of likely N-dealkylation sites (N-methyl/N-ethyl adjacent to an activating group) is 1. The highest BCUT2D eigenvalue weighted by Crippen LogP contribution is 2.24. The van der Waals surface area contributed by atoms with Gasteiger partial charge in [-0.25, -0.2) is 9.97 Å². The standard InChI is InChI=1S/C16H20ClN3O/c1-4-18-14(15-9-16(21-3)20-10-19-15)8-12-6-5-11(2)7-13(12)17/h5-7,9-10,14,18H,4,8H2,1-3H3. The molecule has 1 heterocycles. The van der Waals surface area contributed by atoms with Crippen LogP contribution in [0.2, 0.25) is 5.02 Å². The van der Waals surface area contributed by atoms with Gasteiger partial charge >= 0.3 is 0 Å². The Balaban J connectivity index is 2.25. The summed E-state index contributed by atoms with van der Waals surface area (Å²) in [7, 11) is 1.60. The van der Waals surface area contributed by atoms with Crippen LogP contribution in [0.5, 0.6) is 5.88 Å². The molecule has 0 bridgehead atoms. The summed E-state index contributed by atoms with van der Waals surface area (Å²) in [6, 6.07) is 8.06. The number of halogens is 1. The molecule has 0 aliphatic carbocycles. The van der Waals surface area contributed by atoms with Crippen LogP contribution in [0.1, 0.15) is 29.8 Å². The van der Waals surface area contributed by atoms with Crippen molar-refractivity contribution in [2.24, 2.45) is 0 Å². The van der Waals surface area contributed by atoms with Crippen molar-refractivity contribution >= 4 is 11.6 Å². The first-order valence-corrected chi connectivity index (χ1v) is 7.36. The normalized spacial score (nSPS) is 12.2. The van der Waals surface area contributed by atoms with E-state index < -0.39 is 0 Å². The highest BCUT2D eigenvalue weighted by molar-refractivity contribution is 6.31. The van der Waals surface area contributed by atoms with Gasteiger partial charge in [0.2, 0.25) is 5.88 Å². The van der Waals surface area contributed by atoms with Crippen LogP contribution in [0.25, 0.3) is 0 Å². The highest BCUT2D eigenvalue weighted by Gasteiger charge is 2.15. The summed E-state index contributed by atoms with van der Waals surface area (Å²) in [5.41, 5.74) is 3.17. The number of aromatic nitrogens is 2. The zero-order chi connectivity index (χ0) is 15.2. The molecule has 0 aliphatic heterocycles. The lowest BCUT2D eigenvalue weighted by Gasteiger charge is -2.18. The zero-order valence-electron chi connectivity index (χ0n) is 12.6. The van der Waals surface area contributed by atoms with Gasteiger partial charge in [-0.2, -0.15) is 0 Å². The van der Waals surface area contributed by atoms with E-state index in [1.807, 2.05) is 19.1 Å². The molecule has 0 radical (unpaired) electrons. The summed E-state index contributed by atoms with van der Waals surface area (Å²) in [6.07, 6.45) is 2.29. The second kappa shape index (κ2) is 7.38. The Bertz CT molecular complexity index is 604. The van der Waals surface area contributed by atoms with E-state index in [-0.39, 0.29) is 6.04 Å². The summed E-state index contributed by atoms with van der Waals surface area (Å²) < 4.78 is 5.17. The number of nitrogens with one attached hydrogen (secondary N) is 1. The molecular formula is C16H20ClN3O. The van der Waals surface area contributed by atoms with E-state index in [0.717, 1.165) is 34.8 Å². The number of benzene rings is 1.